The number of aromatic carboxylic acids is 1. The lowest BCUT2D eigenvalue weighted by Gasteiger charge is -2.09. The number of carbonyl (C=O) groups is 1. The molecule has 0 spiro atoms. The molecule has 2 N–H and O–H groups in total. The predicted octanol–water partition coefficient (Wildman–Crippen LogP) is 3.78. The van der Waals surface area contributed by atoms with Crippen molar-refractivity contribution in [2.45, 2.75) is 19.9 Å². The fourth-order valence-electron chi connectivity index (χ4n) is 1.74. The van der Waals surface area contributed by atoms with E-state index in [1.807, 2.05) is 5.38 Å². The molecule has 19 heavy (non-hydrogen) atoms. The zero-order valence-electron chi connectivity index (χ0n) is 10.3. The average Bonchev–Trinajstić information content (AvgIpc) is 2.84. The van der Waals surface area contributed by atoms with Crippen LogP contribution in [0.2, 0.25) is 0 Å². The molecule has 0 aromatic carbocycles. The number of hydrogen-bond acceptors (Lipinski definition) is 4. The Bertz CT molecular complexity index is 598. The van der Waals surface area contributed by atoms with Crippen LogP contribution in [0.15, 0.2) is 28.2 Å². The highest BCUT2D eigenvalue weighted by atomic mass is 79.9. The maximum absolute atomic E-state index is 11.2. The molecule has 0 radical (unpaired) electrons. The zero-order valence-corrected chi connectivity index (χ0v) is 12.7. The largest absolute Gasteiger partial charge is 0.478 e. The van der Waals surface area contributed by atoms with Gasteiger partial charge in [0.2, 0.25) is 0 Å². The van der Waals surface area contributed by atoms with Crippen LogP contribution in [-0.2, 0) is 13.0 Å². The molecule has 0 atom stereocenters. The van der Waals surface area contributed by atoms with Crippen LogP contribution in [0.3, 0.4) is 0 Å². The van der Waals surface area contributed by atoms with Gasteiger partial charge in [-0.2, -0.15) is 0 Å². The second kappa shape index (κ2) is 6.16. The van der Waals surface area contributed by atoms with Gasteiger partial charge >= 0.3 is 5.97 Å². The Balaban J connectivity index is 2.18. The summed E-state index contributed by atoms with van der Waals surface area (Å²) in [5.74, 6) is -0.593. The van der Waals surface area contributed by atoms with Gasteiger partial charge < -0.3 is 10.4 Å². The Morgan fingerprint density at radius 2 is 2.37 bits per heavy atom. The summed E-state index contributed by atoms with van der Waals surface area (Å²) >= 11 is 4.89. The molecule has 0 aliphatic heterocycles. The number of aromatic nitrogens is 1. The molecule has 0 saturated carbocycles. The van der Waals surface area contributed by atoms with Gasteiger partial charge in [-0.1, -0.05) is 6.92 Å². The van der Waals surface area contributed by atoms with Crippen LogP contribution in [0.4, 0.5) is 5.82 Å². The van der Waals surface area contributed by atoms with Gasteiger partial charge in [0.25, 0.3) is 0 Å². The number of rotatable bonds is 5. The molecule has 4 nitrogen and oxygen atoms in total. The quantitative estimate of drug-likeness (QED) is 0.869. The standard InChI is InChI=1S/C13H13BrN2O2S/c1-2-8-3-4-19-11(8)7-16-12-10(13(17)18)5-9(14)6-15-12/h3-6H,2,7H2,1H3,(H,15,16)(H,17,18). The Morgan fingerprint density at radius 3 is 3.05 bits per heavy atom. The molecule has 6 heteroatoms. The monoisotopic (exact) mass is 340 g/mol. The topological polar surface area (TPSA) is 62.2 Å². The Kier molecular flexibility index (Phi) is 4.55. The third kappa shape index (κ3) is 3.33. The van der Waals surface area contributed by atoms with Crippen molar-refractivity contribution >= 4 is 39.1 Å². The molecule has 100 valence electrons. The molecule has 2 heterocycles. The molecular weight excluding hydrogens is 328 g/mol. The van der Waals surface area contributed by atoms with Crippen LogP contribution < -0.4 is 5.32 Å². The third-order valence-electron chi connectivity index (χ3n) is 2.72. The van der Waals surface area contributed by atoms with Gasteiger partial charge in [-0.3, -0.25) is 0 Å². The van der Waals surface area contributed by atoms with Crippen molar-refractivity contribution in [3.8, 4) is 0 Å². The van der Waals surface area contributed by atoms with Crippen LogP contribution >= 0.6 is 27.3 Å². The first kappa shape index (κ1) is 14.0. The smallest absolute Gasteiger partial charge is 0.339 e. The minimum atomic E-state index is -0.988. The fourth-order valence-corrected chi connectivity index (χ4v) is 2.99. The van der Waals surface area contributed by atoms with Crippen LogP contribution in [0, 0.1) is 0 Å². The number of thiophene rings is 1. The van der Waals surface area contributed by atoms with Crippen molar-refractivity contribution in [2.75, 3.05) is 5.32 Å². The van der Waals surface area contributed by atoms with Crippen molar-refractivity contribution in [2.24, 2.45) is 0 Å². The lowest BCUT2D eigenvalue weighted by atomic mass is 10.2. The summed E-state index contributed by atoms with van der Waals surface area (Å²) in [5.41, 5.74) is 1.45. The Morgan fingerprint density at radius 1 is 1.58 bits per heavy atom. The minimum absolute atomic E-state index is 0.170. The van der Waals surface area contributed by atoms with Gasteiger partial charge in [-0.25, -0.2) is 9.78 Å². The number of carboxylic acid groups (broad SMARTS) is 1. The first-order chi connectivity index (χ1) is 9.11. The van der Waals surface area contributed by atoms with E-state index in [1.165, 1.54) is 10.4 Å². The number of nitrogens with one attached hydrogen (secondary N) is 1. The number of pyridine rings is 1. The average molecular weight is 341 g/mol. The van der Waals surface area contributed by atoms with Gasteiger partial charge in [0.1, 0.15) is 11.4 Å². The van der Waals surface area contributed by atoms with Gasteiger partial charge in [-0.05, 0) is 45.4 Å². The molecule has 0 bridgehead atoms. The summed E-state index contributed by atoms with van der Waals surface area (Å²) in [4.78, 5) is 16.5. The van der Waals surface area contributed by atoms with Crippen LogP contribution in [0.25, 0.3) is 0 Å². The molecular formula is C13H13BrN2O2S. The summed E-state index contributed by atoms with van der Waals surface area (Å²) < 4.78 is 0.654. The second-order valence-corrected chi connectivity index (χ2v) is 5.85. The van der Waals surface area contributed by atoms with E-state index >= 15 is 0 Å². The van der Waals surface area contributed by atoms with Crippen LogP contribution in [-0.4, -0.2) is 16.1 Å². The molecule has 0 aliphatic carbocycles. The second-order valence-electron chi connectivity index (χ2n) is 3.93. The van der Waals surface area contributed by atoms with Crippen LogP contribution in [0.1, 0.15) is 27.7 Å². The van der Waals surface area contributed by atoms with Crippen LogP contribution in [0.5, 0.6) is 0 Å². The van der Waals surface area contributed by atoms with E-state index in [-0.39, 0.29) is 5.56 Å². The summed E-state index contributed by atoms with van der Waals surface area (Å²) in [5, 5.41) is 14.3. The highest BCUT2D eigenvalue weighted by Gasteiger charge is 2.12. The first-order valence-corrected chi connectivity index (χ1v) is 7.47. The molecule has 0 fully saturated rings. The SMILES string of the molecule is CCc1ccsc1CNc1ncc(Br)cc1C(=O)O. The van der Waals surface area contributed by atoms with Crippen molar-refractivity contribution in [1.82, 2.24) is 4.98 Å². The number of anilines is 1. The summed E-state index contributed by atoms with van der Waals surface area (Å²) in [6.07, 6.45) is 2.56. The number of hydrogen-bond donors (Lipinski definition) is 2. The van der Waals surface area contributed by atoms with Gasteiger partial charge in [0.05, 0.1) is 6.54 Å². The molecule has 2 aromatic rings. The molecule has 0 amide bonds. The zero-order chi connectivity index (χ0) is 13.8. The molecule has 0 saturated heterocycles. The highest BCUT2D eigenvalue weighted by molar-refractivity contribution is 9.10. The van der Waals surface area contributed by atoms with E-state index in [2.05, 4.69) is 39.2 Å². The number of halogens is 1. The molecule has 2 rings (SSSR count). The number of nitrogens with zero attached hydrogens (tertiary/aromatic N) is 1. The number of carboxylic acids is 1. The van der Waals surface area contributed by atoms with E-state index in [4.69, 9.17) is 5.11 Å². The minimum Gasteiger partial charge on any atom is -0.478 e. The molecule has 2 aromatic heterocycles. The normalized spacial score (nSPS) is 10.4. The lowest BCUT2D eigenvalue weighted by Crippen LogP contribution is -2.08. The summed E-state index contributed by atoms with van der Waals surface area (Å²) in [6.45, 7) is 2.70. The maximum Gasteiger partial charge on any atom is 0.339 e. The molecule has 0 aliphatic rings. The van der Waals surface area contributed by atoms with E-state index < -0.39 is 5.97 Å². The molecule has 0 unspecified atom stereocenters. The summed E-state index contributed by atoms with van der Waals surface area (Å²) in [7, 11) is 0. The van der Waals surface area contributed by atoms with Gasteiger partial charge in [-0.15, -0.1) is 11.3 Å². The fraction of sp³-hybridized carbons (Fsp3) is 0.231. The predicted molar refractivity (Wildman–Crippen MR) is 79.9 cm³/mol. The highest BCUT2D eigenvalue weighted by Crippen LogP contribution is 2.22. The first-order valence-electron chi connectivity index (χ1n) is 5.79. The van der Waals surface area contributed by atoms with E-state index in [0.29, 0.717) is 16.8 Å². The Hall–Kier alpha value is -1.40. The Labute approximate surface area is 123 Å². The lowest BCUT2D eigenvalue weighted by molar-refractivity contribution is 0.0697. The van der Waals surface area contributed by atoms with E-state index in [1.54, 1.807) is 23.6 Å². The van der Waals surface area contributed by atoms with Gasteiger partial charge in [0, 0.05) is 15.5 Å². The van der Waals surface area contributed by atoms with Gasteiger partial charge in [0.15, 0.2) is 0 Å². The number of aryl methyl sites for hydroxylation is 1. The van der Waals surface area contributed by atoms with Crippen molar-refractivity contribution in [1.29, 1.82) is 0 Å². The maximum atomic E-state index is 11.2. The van der Waals surface area contributed by atoms with Crippen molar-refractivity contribution in [3.63, 3.8) is 0 Å². The van der Waals surface area contributed by atoms with Crippen molar-refractivity contribution < 1.29 is 9.90 Å². The summed E-state index contributed by atoms with van der Waals surface area (Å²) in [6, 6.07) is 3.64. The van der Waals surface area contributed by atoms with Crippen molar-refractivity contribution in [3.05, 3.63) is 44.2 Å². The van der Waals surface area contributed by atoms with E-state index in [9.17, 15) is 4.79 Å². The van der Waals surface area contributed by atoms with E-state index in [0.717, 1.165) is 6.42 Å². The third-order valence-corrected chi connectivity index (χ3v) is 4.12.